The summed E-state index contributed by atoms with van der Waals surface area (Å²) < 4.78 is 39.9. The molecule has 114 valence electrons. The van der Waals surface area contributed by atoms with Crippen LogP contribution in [0.4, 0.5) is 13.2 Å². The van der Waals surface area contributed by atoms with Crippen LogP contribution in [0.5, 0.6) is 0 Å². The van der Waals surface area contributed by atoms with Gasteiger partial charge in [0.05, 0.1) is 5.56 Å². The molecule has 0 bridgehead atoms. The molecule has 0 radical (unpaired) electrons. The average Bonchev–Trinajstić information content (AvgIpc) is 2.79. The summed E-state index contributed by atoms with van der Waals surface area (Å²) in [5, 5.41) is 14.4. The van der Waals surface area contributed by atoms with Crippen LogP contribution in [0.3, 0.4) is 0 Å². The molecule has 1 heterocycles. The largest absolute Gasteiger partial charge is 0.416 e. The molecule has 1 N–H and O–H groups in total. The smallest absolute Gasteiger partial charge is 0.380 e. The number of aliphatic hydroxyl groups excluding tert-OH is 1. The highest BCUT2D eigenvalue weighted by Crippen LogP contribution is 2.32. The van der Waals surface area contributed by atoms with Crippen molar-refractivity contribution < 1.29 is 18.3 Å². The number of aliphatic hydroxyl groups is 1. The molecule has 1 aromatic carbocycles. The van der Waals surface area contributed by atoms with Crippen LogP contribution in [0.1, 0.15) is 42.9 Å². The molecule has 0 saturated carbocycles. The minimum Gasteiger partial charge on any atom is -0.380 e. The summed E-state index contributed by atoms with van der Waals surface area (Å²) >= 11 is 3.10. The molecule has 21 heavy (non-hydrogen) atoms. The van der Waals surface area contributed by atoms with Crippen molar-refractivity contribution in [2.24, 2.45) is 0 Å². The topological polar surface area (TPSA) is 50.9 Å². The quantitative estimate of drug-likeness (QED) is 0.903. The van der Waals surface area contributed by atoms with Crippen molar-refractivity contribution >= 4 is 15.9 Å². The van der Waals surface area contributed by atoms with Crippen molar-refractivity contribution in [3.63, 3.8) is 0 Å². The second-order valence-corrected chi connectivity index (χ2v) is 5.51. The van der Waals surface area contributed by atoms with Crippen LogP contribution < -0.4 is 0 Å². The zero-order valence-corrected chi connectivity index (χ0v) is 12.9. The highest BCUT2D eigenvalue weighted by molar-refractivity contribution is 9.10. The van der Waals surface area contributed by atoms with Crippen LogP contribution in [-0.2, 0) is 6.18 Å². The van der Waals surface area contributed by atoms with Crippen LogP contribution in [0.25, 0.3) is 0 Å². The van der Waals surface area contributed by atoms with Gasteiger partial charge in [0, 0.05) is 6.04 Å². The van der Waals surface area contributed by atoms with E-state index in [1.54, 1.807) is 0 Å². The Labute approximate surface area is 127 Å². The van der Waals surface area contributed by atoms with Crippen molar-refractivity contribution in [1.29, 1.82) is 0 Å². The first-order valence-corrected chi connectivity index (χ1v) is 6.96. The van der Waals surface area contributed by atoms with E-state index in [1.165, 1.54) is 16.8 Å². The first-order chi connectivity index (χ1) is 9.70. The van der Waals surface area contributed by atoms with Gasteiger partial charge < -0.3 is 5.11 Å². The second kappa shape index (κ2) is 5.76. The summed E-state index contributed by atoms with van der Waals surface area (Å²) in [6.07, 6.45) is -5.74. The zero-order valence-electron chi connectivity index (χ0n) is 11.3. The lowest BCUT2D eigenvalue weighted by Crippen LogP contribution is -2.14. The lowest BCUT2D eigenvalue weighted by Gasteiger charge is -2.15. The number of hydrogen-bond acceptors (Lipinski definition) is 3. The first kappa shape index (κ1) is 16.0. The molecule has 2 rings (SSSR count). The number of aromatic nitrogens is 3. The summed E-state index contributed by atoms with van der Waals surface area (Å²) in [7, 11) is 0. The van der Waals surface area contributed by atoms with Gasteiger partial charge in [-0.3, -0.25) is 0 Å². The Bertz CT molecular complexity index is 640. The van der Waals surface area contributed by atoms with Gasteiger partial charge in [0.1, 0.15) is 6.10 Å². The fourth-order valence-electron chi connectivity index (χ4n) is 1.91. The van der Waals surface area contributed by atoms with Gasteiger partial charge in [0.25, 0.3) is 0 Å². The Kier molecular flexibility index (Phi) is 4.38. The molecule has 0 spiro atoms. The summed E-state index contributed by atoms with van der Waals surface area (Å²) in [5.41, 5.74) is -0.694. The third-order valence-electron chi connectivity index (χ3n) is 2.90. The van der Waals surface area contributed by atoms with Crippen LogP contribution in [0, 0.1) is 0 Å². The minimum absolute atomic E-state index is 0.0840. The molecule has 4 nitrogen and oxygen atoms in total. The molecule has 0 amide bonds. The number of alkyl halides is 3. The van der Waals surface area contributed by atoms with Crippen LogP contribution >= 0.6 is 15.9 Å². The summed E-state index contributed by atoms with van der Waals surface area (Å²) in [6.45, 7) is 3.67. The van der Waals surface area contributed by atoms with E-state index < -0.39 is 17.8 Å². The average molecular weight is 364 g/mol. The molecule has 0 saturated heterocycles. The molecular formula is C13H13BrF3N3O. The van der Waals surface area contributed by atoms with E-state index in [0.29, 0.717) is 0 Å². The Morgan fingerprint density at radius 1 is 1.29 bits per heavy atom. The number of hydrogen-bond donors (Lipinski definition) is 1. The predicted molar refractivity (Wildman–Crippen MR) is 73.6 cm³/mol. The van der Waals surface area contributed by atoms with Crippen molar-refractivity contribution in [1.82, 2.24) is 14.8 Å². The third kappa shape index (κ3) is 3.44. The van der Waals surface area contributed by atoms with E-state index in [0.717, 1.165) is 12.1 Å². The second-order valence-electron chi connectivity index (χ2n) is 4.80. The maximum atomic E-state index is 12.7. The molecule has 0 aliphatic heterocycles. The maximum Gasteiger partial charge on any atom is 0.416 e. The van der Waals surface area contributed by atoms with Gasteiger partial charge in [0.2, 0.25) is 4.73 Å². The summed E-state index contributed by atoms with van der Waals surface area (Å²) in [6, 6.07) is 4.47. The number of rotatable bonds is 3. The first-order valence-electron chi connectivity index (χ1n) is 6.17. The van der Waals surface area contributed by atoms with Crippen molar-refractivity contribution in [2.45, 2.75) is 32.2 Å². The number of benzene rings is 1. The minimum atomic E-state index is -4.46. The standard InChI is InChI=1S/C13H13BrF3N3O/c1-7(2)20-11(18-12(14)19-20)10(21)8-4-3-5-9(6-8)13(15,16)17/h3-7,10,21H,1-2H3. The van der Waals surface area contributed by atoms with E-state index in [4.69, 9.17) is 0 Å². The predicted octanol–water partition coefficient (Wildman–Crippen LogP) is 3.72. The molecule has 0 aliphatic rings. The van der Waals surface area contributed by atoms with Gasteiger partial charge in [-0.15, -0.1) is 5.10 Å². The highest BCUT2D eigenvalue weighted by atomic mass is 79.9. The third-order valence-corrected chi connectivity index (χ3v) is 3.23. The van der Waals surface area contributed by atoms with Gasteiger partial charge in [-0.25, -0.2) is 9.67 Å². The van der Waals surface area contributed by atoms with E-state index >= 15 is 0 Å². The van der Waals surface area contributed by atoms with E-state index in [-0.39, 0.29) is 22.2 Å². The fraction of sp³-hybridized carbons (Fsp3) is 0.385. The van der Waals surface area contributed by atoms with Gasteiger partial charge in [-0.1, -0.05) is 12.1 Å². The normalized spacial score (nSPS) is 13.7. The summed E-state index contributed by atoms with van der Waals surface area (Å²) in [4.78, 5) is 4.04. The lowest BCUT2D eigenvalue weighted by atomic mass is 10.1. The van der Waals surface area contributed by atoms with Crippen molar-refractivity contribution in [2.75, 3.05) is 0 Å². The zero-order chi connectivity index (χ0) is 15.8. The molecule has 1 unspecified atom stereocenters. The number of nitrogens with zero attached hydrogens (tertiary/aromatic N) is 3. The van der Waals surface area contributed by atoms with Gasteiger partial charge >= 0.3 is 6.18 Å². The lowest BCUT2D eigenvalue weighted by molar-refractivity contribution is -0.137. The molecule has 2 aromatic rings. The Balaban J connectivity index is 2.43. The molecule has 0 fully saturated rings. The summed E-state index contributed by atoms with van der Waals surface area (Å²) in [5.74, 6) is 0.191. The van der Waals surface area contributed by atoms with Crippen LogP contribution in [0.15, 0.2) is 29.0 Å². The highest BCUT2D eigenvalue weighted by Gasteiger charge is 2.31. The molecular weight excluding hydrogens is 351 g/mol. The Hall–Kier alpha value is -1.41. The molecule has 0 aliphatic carbocycles. The Morgan fingerprint density at radius 3 is 2.52 bits per heavy atom. The van der Waals surface area contributed by atoms with E-state index in [1.807, 2.05) is 13.8 Å². The molecule has 1 aromatic heterocycles. The van der Waals surface area contributed by atoms with E-state index in [9.17, 15) is 18.3 Å². The van der Waals surface area contributed by atoms with Crippen molar-refractivity contribution in [3.05, 3.63) is 46.0 Å². The SMILES string of the molecule is CC(C)n1nc(Br)nc1C(O)c1cccc(C(F)(F)F)c1. The van der Waals surface area contributed by atoms with Crippen LogP contribution in [-0.4, -0.2) is 19.9 Å². The monoisotopic (exact) mass is 363 g/mol. The van der Waals surface area contributed by atoms with E-state index in [2.05, 4.69) is 26.0 Å². The van der Waals surface area contributed by atoms with Gasteiger partial charge in [0.15, 0.2) is 5.82 Å². The Morgan fingerprint density at radius 2 is 1.95 bits per heavy atom. The fourth-order valence-corrected chi connectivity index (χ4v) is 2.26. The number of halogens is 4. The van der Waals surface area contributed by atoms with Gasteiger partial charge in [-0.05, 0) is 47.5 Å². The van der Waals surface area contributed by atoms with Crippen molar-refractivity contribution in [3.8, 4) is 0 Å². The molecule has 1 atom stereocenters. The van der Waals surface area contributed by atoms with Crippen LogP contribution in [0.2, 0.25) is 0 Å². The maximum absolute atomic E-state index is 12.7. The molecule has 8 heteroatoms. The van der Waals surface area contributed by atoms with Gasteiger partial charge in [-0.2, -0.15) is 13.2 Å².